The standard InChI is InChI=1S/C22H16FN3O3/c1-28-17-11-9-14(10-12-17)20-25-22(29-26-20)18-7-2-3-8-19(18)24-21(27)15-5-4-6-16(23)13-15/h2-13H,1H3,(H,24,27). The maximum absolute atomic E-state index is 13.4. The highest BCUT2D eigenvalue weighted by Crippen LogP contribution is 2.29. The number of aromatic nitrogens is 2. The van der Waals surface area contributed by atoms with Crippen LogP contribution in [0.3, 0.4) is 0 Å². The number of ether oxygens (including phenoxy) is 1. The Morgan fingerprint density at radius 2 is 1.83 bits per heavy atom. The van der Waals surface area contributed by atoms with Gasteiger partial charge in [-0.2, -0.15) is 4.98 Å². The average molecular weight is 389 g/mol. The Bertz CT molecular complexity index is 1160. The third-order valence-electron chi connectivity index (χ3n) is 4.27. The SMILES string of the molecule is COc1ccc(-c2noc(-c3ccccc3NC(=O)c3cccc(F)c3)n2)cc1. The molecule has 4 aromatic rings. The first-order valence-electron chi connectivity index (χ1n) is 8.78. The van der Waals surface area contributed by atoms with Crippen molar-refractivity contribution in [3.05, 3.63) is 84.2 Å². The van der Waals surface area contributed by atoms with Crippen LogP contribution in [0.2, 0.25) is 0 Å². The van der Waals surface area contributed by atoms with Crippen LogP contribution in [0, 0.1) is 5.82 Å². The highest BCUT2D eigenvalue weighted by Gasteiger charge is 2.16. The van der Waals surface area contributed by atoms with Crippen LogP contribution in [-0.4, -0.2) is 23.2 Å². The monoisotopic (exact) mass is 389 g/mol. The molecule has 1 heterocycles. The summed E-state index contributed by atoms with van der Waals surface area (Å²) < 4.78 is 24.0. The van der Waals surface area contributed by atoms with Gasteiger partial charge in [0.2, 0.25) is 5.82 Å². The second-order valence-electron chi connectivity index (χ2n) is 6.16. The van der Waals surface area contributed by atoms with E-state index in [1.807, 2.05) is 12.1 Å². The van der Waals surface area contributed by atoms with Crippen molar-refractivity contribution >= 4 is 11.6 Å². The molecule has 0 saturated carbocycles. The Hall–Kier alpha value is -4.00. The van der Waals surface area contributed by atoms with Crippen LogP contribution < -0.4 is 10.1 Å². The normalized spacial score (nSPS) is 10.6. The Labute approximate surface area is 166 Å². The number of anilines is 1. The molecule has 0 aliphatic carbocycles. The molecular formula is C22H16FN3O3. The first-order chi connectivity index (χ1) is 14.1. The van der Waals surface area contributed by atoms with Crippen molar-refractivity contribution < 1.29 is 18.4 Å². The second kappa shape index (κ2) is 7.93. The van der Waals surface area contributed by atoms with Gasteiger partial charge in [0.05, 0.1) is 18.4 Å². The molecule has 1 amide bonds. The molecule has 0 aliphatic rings. The van der Waals surface area contributed by atoms with Crippen LogP contribution in [0.4, 0.5) is 10.1 Å². The lowest BCUT2D eigenvalue weighted by molar-refractivity contribution is 0.102. The molecule has 4 rings (SSSR count). The third-order valence-corrected chi connectivity index (χ3v) is 4.27. The molecule has 1 N–H and O–H groups in total. The summed E-state index contributed by atoms with van der Waals surface area (Å²) in [7, 11) is 1.59. The molecule has 0 fully saturated rings. The number of halogens is 1. The minimum Gasteiger partial charge on any atom is -0.497 e. The van der Waals surface area contributed by atoms with Gasteiger partial charge in [-0.3, -0.25) is 4.79 Å². The molecule has 0 spiro atoms. The van der Waals surface area contributed by atoms with Crippen molar-refractivity contribution in [2.24, 2.45) is 0 Å². The summed E-state index contributed by atoms with van der Waals surface area (Å²) >= 11 is 0. The molecule has 3 aromatic carbocycles. The number of rotatable bonds is 5. The van der Waals surface area contributed by atoms with Gasteiger partial charge in [0, 0.05) is 11.1 Å². The van der Waals surface area contributed by atoms with Gasteiger partial charge in [-0.05, 0) is 54.6 Å². The molecule has 0 radical (unpaired) electrons. The Morgan fingerprint density at radius 1 is 1.03 bits per heavy atom. The van der Waals surface area contributed by atoms with Crippen molar-refractivity contribution in [2.75, 3.05) is 12.4 Å². The van der Waals surface area contributed by atoms with E-state index < -0.39 is 11.7 Å². The minimum atomic E-state index is -0.480. The van der Waals surface area contributed by atoms with Crippen molar-refractivity contribution in [1.29, 1.82) is 0 Å². The summed E-state index contributed by atoms with van der Waals surface area (Å²) in [5.74, 6) is 0.474. The number of hydrogen-bond donors (Lipinski definition) is 1. The summed E-state index contributed by atoms with van der Waals surface area (Å²) in [5.41, 5.74) is 2.02. The molecule has 6 nitrogen and oxygen atoms in total. The predicted octanol–water partition coefficient (Wildman–Crippen LogP) is 4.80. The zero-order chi connectivity index (χ0) is 20.2. The summed E-state index contributed by atoms with van der Waals surface area (Å²) in [6.07, 6.45) is 0. The Balaban J connectivity index is 1.61. The largest absolute Gasteiger partial charge is 0.497 e. The lowest BCUT2D eigenvalue weighted by Crippen LogP contribution is -2.12. The predicted molar refractivity (Wildman–Crippen MR) is 106 cm³/mol. The molecule has 1 aromatic heterocycles. The van der Waals surface area contributed by atoms with Gasteiger partial charge in [-0.25, -0.2) is 4.39 Å². The summed E-state index contributed by atoms with van der Waals surface area (Å²) in [6, 6.07) is 19.8. The van der Waals surface area contributed by atoms with E-state index in [-0.39, 0.29) is 11.5 Å². The van der Waals surface area contributed by atoms with Crippen molar-refractivity contribution in [3.8, 4) is 28.6 Å². The molecule has 0 aliphatic heterocycles. The number of para-hydroxylation sites is 1. The number of carbonyl (C=O) groups excluding carboxylic acids is 1. The maximum Gasteiger partial charge on any atom is 0.260 e. The Kier molecular flexibility index (Phi) is 5.03. The van der Waals surface area contributed by atoms with E-state index in [2.05, 4.69) is 15.5 Å². The zero-order valence-corrected chi connectivity index (χ0v) is 15.4. The van der Waals surface area contributed by atoms with Gasteiger partial charge in [-0.1, -0.05) is 23.4 Å². The molecule has 144 valence electrons. The van der Waals surface area contributed by atoms with Crippen molar-refractivity contribution in [1.82, 2.24) is 10.1 Å². The van der Waals surface area contributed by atoms with E-state index in [4.69, 9.17) is 9.26 Å². The van der Waals surface area contributed by atoms with Crippen molar-refractivity contribution in [2.45, 2.75) is 0 Å². The van der Waals surface area contributed by atoms with Gasteiger partial charge >= 0.3 is 0 Å². The van der Waals surface area contributed by atoms with E-state index in [9.17, 15) is 9.18 Å². The molecular weight excluding hydrogens is 373 g/mol. The average Bonchev–Trinajstić information content (AvgIpc) is 3.24. The number of nitrogens with zero attached hydrogens (tertiary/aromatic N) is 2. The lowest BCUT2D eigenvalue weighted by Gasteiger charge is -2.08. The molecule has 0 unspecified atom stereocenters. The van der Waals surface area contributed by atoms with E-state index in [1.54, 1.807) is 43.5 Å². The smallest absolute Gasteiger partial charge is 0.260 e. The topological polar surface area (TPSA) is 77.3 Å². The van der Waals surface area contributed by atoms with Gasteiger partial charge < -0.3 is 14.6 Å². The van der Waals surface area contributed by atoms with E-state index in [0.29, 0.717) is 17.1 Å². The fourth-order valence-corrected chi connectivity index (χ4v) is 2.79. The second-order valence-corrected chi connectivity index (χ2v) is 6.16. The molecule has 0 atom stereocenters. The van der Waals surface area contributed by atoms with Crippen LogP contribution in [-0.2, 0) is 0 Å². The summed E-state index contributed by atoms with van der Waals surface area (Å²) in [5, 5.41) is 6.79. The van der Waals surface area contributed by atoms with Gasteiger partial charge in [-0.15, -0.1) is 0 Å². The number of hydrogen-bond acceptors (Lipinski definition) is 5. The summed E-state index contributed by atoms with van der Waals surface area (Å²) in [6.45, 7) is 0. The first-order valence-corrected chi connectivity index (χ1v) is 8.78. The first kappa shape index (κ1) is 18.4. The van der Waals surface area contributed by atoms with Gasteiger partial charge in [0.25, 0.3) is 11.8 Å². The molecule has 7 heteroatoms. The van der Waals surface area contributed by atoms with Gasteiger partial charge in [0.15, 0.2) is 0 Å². The zero-order valence-electron chi connectivity index (χ0n) is 15.4. The van der Waals surface area contributed by atoms with Crippen LogP contribution in [0.25, 0.3) is 22.8 Å². The molecule has 29 heavy (non-hydrogen) atoms. The third kappa shape index (κ3) is 3.98. The number of benzene rings is 3. The van der Waals surface area contributed by atoms with Crippen LogP contribution >= 0.6 is 0 Å². The number of methoxy groups -OCH3 is 1. The highest BCUT2D eigenvalue weighted by molar-refractivity contribution is 6.06. The number of amides is 1. The van der Waals surface area contributed by atoms with Gasteiger partial charge in [0.1, 0.15) is 11.6 Å². The van der Waals surface area contributed by atoms with Crippen molar-refractivity contribution in [3.63, 3.8) is 0 Å². The fraction of sp³-hybridized carbons (Fsp3) is 0.0455. The lowest BCUT2D eigenvalue weighted by atomic mass is 10.1. The highest BCUT2D eigenvalue weighted by atomic mass is 19.1. The van der Waals surface area contributed by atoms with Crippen LogP contribution in [0.15, 0.2) is 77.3 Å². The molecule has 0 bridgehead atoms. The molecule has 0 saturated heterocycles. The minimum absolute atomic E-state index is 0.212. The maximum atomic E-state index is 13.4. The van der Waals surface area contributed by atoms with Crippen LogP contribution in [0.5, 0.6) is 5.75 Å². The summed E-state index contributed by atoms with van der Waals surface area (Å²) in [4.78, 5) is 16.9. The van der Waals surface area contributed by atoms with E-state index in [1.165, 1.54) is 24.3 Å². The van der Waals surface area contributed by atoms with Crippen LogP contribution in [0.1, 0.15) is 10.4 Å². The Morgan fingerprint density at radius 3 is 2.59 bits per heavy atom. The van der Waals surface area contributed by atoms with E-state index >= 15 is 0 Å². The number of nitrogens with one attached hydrogen (secondary N) is 1. The number of carbonyl (C=O) groups is 1. The fourth-order valence-electron chi connectivity index (χ4n) is 2.79. The van der Waals surface area contributed by atoms with E-state index in [0.717, 1.165) is 11.3 Å². The quantitative estimate of drug-likeness (QED) is 0.530.